The number of benzene rings is 1. The molecule has 0 amide bonds. The van der Waals surface area contributed by atoms with Gasteiger partial charge in [0, 0.05) is 31.6 Å². The molecule has 1 aromatic carbocycles. The van der Waals surface area contributed by atoms with Gasteiger partial charge in [0.2, 0.25) is 5.89 Å². The van der Waals surface area contributed by atoms with Crippen LogP contribution in [0.25, 0.3) is 0 Å². The lowest BCUT2D eigenvalue weighted by Crippen LogP contribution is -2.47. The van der Waals surface area contributed by atoms with E-state index in [1.807, 2.05) is 6.07 Å². The maximum atomic E-state index is 5.41. The summed E-state index contributed by atoms with van der Waals surface area (Å²) in [7, 11) is 5.53. The van der Waals surface area contributed by atoms with Crippen molar-refractivity contribution in [2.45, 2.75) is 45.1 Å². The molecule has 0 aliphatic carbocycles. The van der Waals surface area contributed by atoms with Gasteiger partial charge >= 0.3 is 0 Å². The first-order chi connectivity index (χ1) is 13.5. The fraction of sp³-hybridized carbons (Fsp3) is 0.619. The third kappa shape index (κ3) is 4.76. The molecular formula is C21H32N4O3. The lowest BCUT2D eigenvalue weighted by Gasteiger charge is -2.37. The molecule has 3 rings (SSSR count). The minimum Gasteiger partial charge on any atom is -0.493 e. The highest BCUT2D eigenvalue weighted by molar-refractivity contribution is 5.43. The number of aromatic nitrogens is 2. The van der Waals surface area contributed by atoms with Crippen molar-refractivity contribution in [3.8, 4) is 11.5 Å². The molecule has 1 aliphatic heterocycles. The number of methoxy groups -OCH3 is 2. The predicted molar refractivity (Wildman–Crippen MR) is 110 cm³/mol. The summed E-state index contributed by atoms with van der Waals surface area (Å²) in [5.74, 6) is 3.24. The van der Waals surface area contributed by atoms with E-state index in [4.69, 9.17) is 14.0 Å². The average Bonchev–Trinajstić information content (AvgIpc) is 3.22. The Labute approximate surface area is 167 Å². The molecule has 0 spiro atoms. The van der Waals surface area contributed by atoms with E-state index < -0.39 is 0 Å². The first-order valence-corrected chi connectivity index (χ1v) is 10.0. The number of rotatable bonds is 8. The topological polar surface area (TPSA) is 63.9 Å². The zero-order valence-corrected chi connectivity index (χ0v) is 17.6. The summed E-state index contributed by atoms with van der Waals surface area (Å²) in [6.07, 6.45) is 3.29. The SMILES string of the molecule is COc1ccc(CCN(C)[C@H]2CCCN(c3noc(C(C)C)n3)C2)cc1OC. The van der Waals surface area contributed by atoms with E-state index in [9.17, 15) is 0 Å². The van der Waals surface area contributed by atoms with Gasteiger partial charge in [0.15, 0.2) is 11.5 Å². The molecule has 0 radical (unpaired) electrons. The number of hydrogen-bond acceptors (Lipinski definition) is 7. The maximum Gasteiger partial charge on any atom is 0.266 e. The van der Waals surface area contributed by atoms with Crippen molar-refractivity contribution in [1.82, 2.24) is 15.0 Å². The van der Waals surface area contributed by atoms with Crippen molar-refractivity contribution < 1.29 is 14.0 Å². The number of likely N-dealkylation sites (N-methyl/N-ethyl adjacent to an activating group) is 1. The average molecular weight is 389 g/mol. The number of piperidine rings is 1. The van der Waals surface area contributed by atoms with Crippen molar-refractivity contribution in [2.75, 3.05) is 45.8 Å². The highest BCUT2D eigenvalue weighted by Crippen LogP contribution is 2.28. The molecule has 28 heavy (non-hydrogen) atoms. The van der Waals surface area contributed by atoms with E-state index in [-0.39, 0.29) is 5.92 Å². The van der Waals surface area contributed by atoms with Crippen LogP contribution >= 0.6 is 0 Å². The third-order valence-electron chi connectivity index (χ3n) is 5.43. The summed E-state index contributed by atoms with van der Waals surface area (Å²) >= 11 is 0. The quantitative estimate of drug-likeness (QED) is 0.687. The van der Waals surface area contributed by atoms with Crippen LogP contribution in [0.15, 0.2) is 22.7 Å². The second kappa shape index (κ2) is 9.28. The minimum atomic E-state index is 0.256. The van der Waals surface area contributed by atoms with Gasteiger partial charge in [-0.1, -0.05) is 19.9 Å². The number of nitrogens with zero attached hydrogens (tertiary/aromatic N) is 4. The van der Waals surface area contributed by atoms with Gasteiger partial charge in [-0.3, -0.25) is 0 Å². The maximum absolute atomic E-state index is 5.41. The number of anilines is 1. The number of ether oxygens (including phenoxy) is 2. The van der Waals surface area contributed by atoms with Gasteiger partial charge in [-0.2, -0.15) is 4.98 Å². The molecule has 1 aromatic heterocycles. The summed E-state index contributed by atoms with van der Waals surface area (Å²) < 4.78 is 16.1. The normalized spacial score (nSPS) is 17.4. The fourth-order valence-electron chi connectivity index (χ4n) is 3.61. The molecule has 2 heterocycles. The molecule has 1 saturated heterocycles. The standard InChI is InChI=1S/C21H32N4O3/c1-15(2)20-22-21(23-28-20)25-11-6-7-17(14-25)24(3)12-10-16-8-9-18(26-4)19(13-16)27-5/h8-9,13,15,17H,6-7,10-12,14H2,1-5H3/t17-/m0/s1. The van der Waals surface area contributed by atoms with Crippen molar-refractivity contribution in [1.29, 1.82) is 0 Å². The van der Waals surface area contributed by atoms with Crippen LogP contribution in [0.3, 0.4) is 0 Å². The second-order valence-electron chi connectivity index (χ2n) is 7.75. The lowest BCUT2D eigenvalue weighted by molar-refractivity contribution is 0.216. The van der Waals surface area contributed by atoms with E-state index >= 15 is 0 Å². The Morgan fingerprint density at radius 3 is 2.71 bits per heavy atom. The van der Waals surface area contributed by atoms with Crippen molar-refractivity contribution >= 4 is 5.95 Å². The summed E-state index contributed by atoms with van der Waals surface area (Å²) in [4.78, 5) is 9.24. The van der Waals surface area contributed by atoms with Crippen LogP contribution in [-0.2, 0) is 6.42 Å². The van der Waals surface area contributed by atoms with Gasteiger partial charge in [-0.25, -0.2) is 0 Å². The molecule has 0 saturated carbocycles. The lowest BCUT2D eigenvalue weighted by atomic mass is 10.0. The molecule has 0 unspecified atom stereocenters. The zero-order valence-electron chi connectivity index (χ0n) is 17.6. The molecular weight excluding hydrogens is 356 g/mol. The highest BCUT2D eigenvalue weighted by atomic mass is 16.5. The van der Waals surface area contributed by atoms with Crippen LogP contribution in [0.2, 0.25) is 0 Å². The van der Waals surface area contributed by atoms with Gasteiger partial charge in [-0.15, -0.1) is 0 Å². The summed E-state index contributed by atoms with van der Waals surface area (Å²) in [5, 5.41) is 4.18. The van der Waals surface area contributed by atoms with E-state index in [0.717, 1.165) is 49.9 Å². The first-order valence-electron chi connectivity index (χ1n) is 10.0. The molecule has 1 aliphatic rings. The second-order valence-corrected chi connectivity index (χ2v) is 7.75. The van der Waals surface area contributed by atoms with Crippen LogP contribution in [0, 0.1) is 0 Å². The summed E-state index contributed by atoms with van der Waals surface area (Å²) in [5.41, 5.74) is 1.25. The van der Waals surface area contributed by atoms with Crippen molar-refractivity contribution in [3.63, 3.8) is 0 Å². The Bertz CT molecular complexity index is 762. The Hall–Kier alpha value is -2.28. The van der Waals surface area contributed by atoms with Crippen LogP contribution in [-0.4, -0.2) is 62.0 Å². The molecule has 0 bridgehead atoms. The Balaban J connectivity index is 1.57. The first kappa shape index (κ1) is 20.5. The van der Waals surface area contributed by atoms with Gasteiger partial charge in [0.1, 0.15) is 0 Å². The highest BCUT2D eigenvalue weighted by Gasteiger charge is 2.26. The van der Waals surface area contributed by atoms with Gasteiger partial charge in [0.05, 0.1) is 14.2 Å². The molecule has 2 aromatic rings. The van der Waals surface area contributed by atoms with Gasteiger partial charge in [0.25, 0.3) is 5.95 Å². The predicted octanol–water partition coefficient (Wildman–Crippen LogP) is 3.35. The van der Waals surface area contributed by atoms with Crippen LogP contribution in [0.1, 0.15) is 44.1 Å². The monoisotopic (exact) mass is 388 g/mol. The smallest absolute Gasteiger partial charge is 0.266 e. The van der Waals surface area contributed by atoms with Gasteiger partial charge in [-0.05, 0) is 49.2 Å². The number of hydrogen-bond donors (Lipinski definition) is 0. The van der Waals surface area contributed by atoms with E-state index in [1.165, 1.54) is 12.0 Å². The summed E-state index contributed by atoms with van der Waals surface area (Å²) in [6, 6.07) is 6.62. The largest absolute Gasteiger partial charge is 0.493 e. The third-order valence-corrected chi connectivity index (χ3v) is 5.43. The van der Waals surface area contributed by atoms with E-state index in [0.29, 0.717) is 11.9 Å². The fourth-order valence-corrected chi connectivity index (χ4v) is 3.61. The van der Waals surface area contributed by atoms with Crippen molar-refractivity contribution in [2.24, 2.45) is 0 Å². The molecule has 7 heteroatoms. The Kier molecular flexibility index (Phi) is 6.78. The van der Waals surface area contributed by atoms with Crippen molar-refractivity contribution in [3.05, 3.63) is 29.7 Å². The Morgan fingerprint density at radius 2 is 2.04 bits per heavy atom. The van der Waals surface area contributed by atoms with Crippen LogP contribution in [0.5, 0.6) is 11.5 Å². The summed E-state index contributed by atoms with van der Waals surface area (Å²) in [6.45, 7) is 7.03. The molecule has 0 N–H and O–H groups in total. The zero-order chi connectivity index (χ0) is 20.1. The van der Waals surface area contributed by atoms with Gasteiger partial charge < -0.3 is 23.8 Å². The molecule has 154 valence electrons. The van der Waals surface area contributed by atoms with Crippen LogP contribution in [0.4, 0.5) is 5.95 Å². The van der Waals surface area contributed by atoms with E-state index in [2.05, 4.69) is 53.0 Å². The molecule has 1 atom stereocenters. The minimum absolute atomic E-state index is 0.256. The van der Waals surface area contributed by atoms with Crippen LogP contribution < -0.4 is 14.4 Å². The molecule has 7 nitrogen and oxygen atoms in total. The van der Waals surface area contributed by atoms with E-state index in [1.54, 1.807) is 14.2 Å². The molecule has 1 fully saturated rings. The Morgan fingerprint density at radius 1 is 1.25 bits per heavy atom.